The van der Waals surface area contributed by atoms with E-state index in [-0.39, 0.29) is 12.4 Å². The zero-order valence-electron chi connectivity index (χ0n) is 23.3. The van der Waals surface area contributed by atoms with Gasteiger partial charge in [0.15, 0.2) is 5.78 Å². The van der Waals surface area contributed by atoms with Crippen LogP contribution in [0.2, 0.25) is 0 Å². The fraction of sp³-hybridized carbons (Fsp3) is 0.344. The number of ether oxygens (including phenoxy) is 1. The summed E-state index contributed by atoms with van der Waals surface area (Å²) in [4.78, 5) is 20.4. The average Bonchev–Trinajstić information content (AvgIpc) is 2.96. The first-order valence-corrected chi connectivity index (χ1v) is 13.5. The molecule has 0 bridgehead atoms. The summed E-state index contributed by atoms with van der Waals surface area (Å²) in [6.45, 7) is 5.95. The van der Waals surface area contributed by atoms with Crippen molar-refractivity contribution in [3.8, 4) is 16.9 Å². The molecule has 0 radical (unpaired) electrons. The summed E-state index contributed by atoms with van der Waals surface area (Å²) < 4.78 is 5.60. The summed E-state index contributed by atoms with van der Waals surface area (Å²) in [5.41, 5.74) is 5.51. The molecule has 1 saturated heterocycles. The van der Waals surface area contributed by atoms with Gasteiger partial charge >= 0.3 is 0 Å². The molecule has 0 saturated carbocycles. The molecule has 0 atom stereocenters. The fourth-order valence-electron chi connectivity index (χ4n) is 4.85. The molecule has 0 amide bonds. The van der Waals surface area contributed by atoms with Gasteiger partial charge in [0.05, 0.1) is 13.7 Å². The van der Waals surface area contributed by atoms with Crippen molar-refractivity contribution in [2.24, 2.45) is 0 Å². The van der Waals surface area contributed by atoms with E-state index in [1.54, 1.807) is 13.2 Å². The van der Waals surface area contributed by atoms with Crippen LogP contribution in [-0.4, -0.2) is 94.3 Å². The molecule has 1 aliphatic heterocycles. The number of likely N-dealkylation sites (N-methyl/N-ethyl adjacent to an activating group) is 1. The first-order valence-electron chi connectivity index (χ1n) is 13.5. The van der Waals surface area contributed by atoms with E-state index in [1.807, 2.05) is 54.6 Å². The Morgan fingerprint density at radius 3 is 2.56 bits per heavy atom. The van der Waals surface area contributed by atoms with Crippen LogP contribution < -0.4 is 15.0 Å². The van der Waals surface area contributed by atoms with Crippen molar-refractivity contribution in [1.82, 2.24) is 9.80 Å². The number of carbonyl (C=O) groups excluding carboxylic acids is 1. The molecular formula is C32H40N4O3. The molecule has 4 rings (SSSR count). The highest BCUT2D eigenvalue weighted by Gasteiger charge is 2.22. The van der Waals surface area contributed by atoms with Crippen LogP contribution in [0.25, 0.3) is 17.2 Å². The van der Waals surface area contributed by atoms with Crippen LogP contribution in [0.3, 0.4) is 0 Å². The summed E-state index contributed by atoms with van der Waals surface area (Å²) in [5.74, 6) is 0.737. The number of rotatable bonds is 12. The maximum atomic E-state index is 13.7. The molecule has 3 aromatic rings. The minimum Gasteiger partial charge on any atom is -0.496 e. The van der Waals surface area contributed by atoms with Crippen molar-refractivity contribution in [3.63, 3.8) is 0 Å². The van der Waals surface area contributed by atoms with Gasteiger partial charge in [0, 0.05) is 68.3 Å². The van der Waals surface area contributed by atoms with Crippen molar-refractivity contribution in [2.45, 2.75) is 0 Å². The van der Waals surface area contributed by atoms with Crippen molar-refractivity contribution in [3.05, 3.63) is 83.9 Å². The van der Waals surface area contributed by atoms with Crippen LogP contribution in [0.15, 0.2) is 72.8 Å². The number of allylic oxidation sites excluding steroid dienone is 1. The number of hydrogen-bond donors (Lipinski definition) is 2. The Morgan fingerprint density at radius 1 is 1.03 bits per heavy atom. The van der Waals surface area contributed by atoms with E-state index < -0.39 is 0 Å². The number of anilines is 2. The lowest BCUT2D eigenvalue weighted by molar-refractivity contribution is 0.104. The second kappa shape index (κ2) is 13.9. The third-order valence-corrected chi connectivity index (χ3v) is 7.01. The van der Waals surface area contributed by atoms with Crippen LogP contribution >= 0.6 is 0 Å². The molecule has 3 aromatic carbocycles. The molecule has 0 spiro atoms. The Labute approximate surface area is 232 Å². The number of benzene rings is 3. The Morgan fingerprint density at radius 2 is 1.82 bits per heavy atom. The number of β-amino-alcohol motifs (C(OH)–C–C–N with tert-alkyl or cyclic N) is 1. The molecule has 1 heterocycles. The normalized spacial score (nSPS) is 14.2. The Kier molecular flexibility index (Phi) is 10.1. The van der Waals surface area contributed by atoms with Crippen LogP contribution in [0, 0.1) is 0 Å². The van der Waals surface area contributed by atoms with Gasteiger partial charge in [-0.1, -0.05) is 42.5 Å². The number of aliphatic hydroxyl groups excluding tert-OH is 1. The standard InChI is InChI=1S/C32H40N4O3/c1-34(2)16-15-33-27-8-6-7-25(23-27)11-14-31(38)29-24-26(28-9-4-5-10-32(28)39-3)12-13-30(29)36-19-17-35(18-20-36)21-22-37/h4-14,23-24,33,37H,15-22H2,1-3H3/b14-11+. The van der Waals surface area contributed by atoms with E-state index in [0.717, 1.165) is 73.1 Å². The maximum absolute atomic E-state index is 13.7. The number of piperazine rings is 1. The van der Waals surface area contributed by atoms with E-state index in [0.29, 0.717) is 12.1 Å². The number of methoxy groups -OCH3 is 1. The second-order valence-electron chi connectivity index (χ2n) is 10.0. The number of nitrogens with zero attached hydrogens (tertiary/aromatic N) is 3. The van der Waals surface area contributed by atoms with Gasteiger partial charge < -0.3 is 25.0 Å². The molecule has 1 fully saturated rings. The van der Waals surface area contributed by atoms with Crippen LogP contribution in [0.5, 0.6) is 5.75 Å². The van der Waals surface area contributed by atoms with Crippen molar-refractivity contribution < 1.29 is 14.6 Å². The van der Waals surface area contributed by atoms with Crippen LogP contribution in [0.1, 0.15) is 15.9 Å². The Bertz CT molecular complexity index is 1270. The number of aliphatic hydroxyl groups is 1. The number of nitrogens with one attached hydrogen (secondary N) is 1. The highest BCUT2D eigenvalue weighted by atomic mass is 16.5. The lowest BCUT2D eigenvalue weighted by Crippen LogP contribution is -2.47. The molecule has 7 nitrogen and oxygen atoms in total. The highest BCUT2D eigenvalue weighted by molar-refractivity contribution is 6.11. The molecule has 0 aromatic heterocycles. The molecule has 206 valence electrons. The molecule has 0 unspecified atom stereocenters. The number of ketones is 1. The van der Waals surface area contributed by atoms with Gasteiger partial charge in [-0.05, 0) is 61.6 Å². The SMILES string of the molecule is COc1ccccc1-c1ccc(N2CCN(CCO)CC2)c(C(=O)/C=C/c2cccc(NCCN(C)C)c2)c1. The molecular weight excluding hydrogens is 488 g/mol. The van der Waals surface area contributed by atoms with Gasteiger partial charge in [-0.3, -0.25) is 9.69 Å². The summed E-state index contributed by atoms with van der Waals surface area (Å²) in [6, 6.07) is 22.1. The van der Waals surface area contributed by atoms with Gasteiger partial charge in [0.2, 0.25) is 0 Å². The van der Waals surface area contributed by atoms with E-state index in [2.05, 4.69) is 52.3 Å². The summed E-state index contributed by atoms with van der Waals surface area (Å²) >= 11 is 0. The summed E-state index contributed by atoms with van der Waals surface area (Å²) in [6.07, 6.45) is 3.56. The van der Waals surface area contributed by atoms with Crippen molar-refractivity contribution >= 4 is 23.2 Å². The van der Waals surface area contributed by atoms with Gasteiger partial charge in [-0.15, -0.1) is 0 Å². The molecule has 1 aliphatic rings. The Hall–Kier alpha value is -3.65. The topological polar surface area (TPSA) is 68.3 Å². The Balaban J connectivity index is 1.61. The summed E-state index contributed by atoms with van der Waals surface area (Å²) in [7, 11) is 5.77. The maximum Gasteiger partial charge on any atom is 0.187 e. The largest absolute Gasteiger partial charge is 0.496 e. The van der Waals surface area contributed by atoms with Gasteiger partial charge in [-0.25, -0.2) is 0 Å². The van der Waals surface area contributed by atoms with Gasteiger partial charge in [0.25, 0.3) is 0 Å². The molecule has 7 heteroatoms. The number of carbonyl (C=O) groups is 1. The third-order valence-electron chi connectivity index (χ3n) is 7.01. The van der Waals surface area contributed by atoms with E-state index in [1.165, 1.54) is 0 Å². The number of para-hydroxylation sites is 1. The minimum absolute atomic E-state index is 0.0366. The van der Waals surface area contributed by atoms with E-state index in [4.69, 9.17) is 4.74 Å². The zero-order chi connectivity index (χ0) is 27.6. The van der Waals surface area contributed by atoms with Crippen molar-refractivity contribution in [1.29, 1.82) is 0 Å². The molecule has 2 N–H and O–H groups in total. The van der Waals surface area contributed by atoms with E-state index in [9.17, 15) is 9.90 Å². The van der Waals surface area contributed by atoms with Crippen LogP contribution in [-0.2, 0) is 0 Å². The predicted molar refractivity (Wildman–Crippen MR) is 161 cm³/mol. The quantitative estimate of drug-likeness (QED) is 0.268. The lowest BCUT2D eigenvalue weighted by atomic mass is 9.97. The second-order valence-corrected chi connectivity index (χ2v) is 10.0. The van der Waals surface area contributed by atoms with Gasteiger partial charge in [-0.2, -0.15) is 0 Å². The molecule has 0 aliphatic carbocycles. The first kappa shape index (κ1) is 28.4. The number of hydrogen-bond acceptors (Lipinski definition) is 7. The average molecular weight is 529 g/mol. The van der Waals surface area contributed by atoms with Crippen molar-refractivity contribution in [2.75, 3.05) is 83.8 Å². The minimum atomic E-state index is -0.0366. The predicted octanol–water partition coefficient (Wildman–Crippen LogP) is 4.35. The fourth-order valence-corrected chi connectivity index (χ4v) is 4.85. The van der Waals surface area contributed by atoms with Gasteiger partial charge in [0.1, 0.15) is 5.75 Å². The smallest absolute Gasteiger partial charge is 0.187 e. The third kappa shape index (κ3) is 7.69. The zero-order valence-corrected chi connectivity index (χ0v) is 23.3. The lowest BCUT2D eigenvalue weighted by Gasteiger charge is -2.36. The van der Waals surface area contributed by atoms with E-state index >= 15 is 0 Å². The first-order chi connectivity index (χ1) is 19.0. The molecule has 39 heavy (non-hydrogen) atoms. The highest BCUT2D eigenvalue weighted by Crippen LogP contribution is 2.34. The van der Waals surface area contributed by atoms with Crippen LogP contribution in [0.4, 0.5) is 11.4 Å². The summed E-state index contributed by atoms with van der Waals surface area (Å²) in [5, 5.41) is 12.7. The monoisotopic (exact) mass is 528 g/mol.